The molecule has 0 saturated heterocycles. The van der Waals surface area contributed by atoms with Crippen molar-refractivity contribution >= 4 is 28.7 Å². The van der Waals surface area contributed by atoms with Crippen molar-refractivity contribution in [3.63, 3.8) is 0 Å². The number of nitrogens with one attached hydrogen (secondary N) is 2. The largest absolute Gasteiger partial charge is 0.353 e. The predicted molar refractivity (Wildman–Crippen MR) is 95.4 cm³/mol. The van der Waals surface area contributed by atoms with Gasteiger partial charge < -0.3 is 10.6 Å². The van der Waals surface area contributed by atoms with Crippen LogP contribution in [0, 0.1) is 24.0 Å². The summed E-state index contributed by atoms with van der Waals surface area (Å²) in [4.78, 5) is 23.1. The summed E-state index contributed by atoms with van der Waals surface area (Å²) in [5.74, 6) is 0.219. The lowest BCUT2D eigenvalue weighted by Crippen LogP contribution is -2.05. The molecule has 0 bridgehead atoms. The highest BCUT2D eigenvalue weighted by Gasteiger charge is 2.23. The van der Waals surface area contributed by atoms with Gasteiger partial charge in [0.25, 0.3) is 0 Å². The molecule has 0 spiro atoms. The number of rotatable bonds is 5. The van der Waals surface area contributed by atoms with Gasteiger partial charge in [-0.15, -0.1) is 0 Å². The fraction of sp³-hybridized carbons (Fsp3) is 0.118. The monoisotopic (exact) mass is 336 g/mol. The first-order chi connectivity index (χ1) is 12.0. The number of nitro groups is 1. The summed E-state index contributed by atoms with van der Waals surface area (Å²) in [5, 5.41) is 17.5. The summed E-state index contributed by atoms with van der Waals surface area (Å²) in [6, 6.07) is 9.29. The van der Waals surface area contributed by atoms with Gasteiger partial charge in [-0.2, -0.15) is 0 Å². The summed E-state index contributed by atoms with van der Waals surface area (Å²) >= 11 is 0. The Balaban J connectivity index is 1.99. The molecule has 8 nitrogen and oxygen atoms in total. The molecule has 0 aliphatic rings. The van der Waals surface area contributed by atoms with E-state index in [-0.39, 0.29) is 17.3 Å². The normalized spacial score (nSPS) is 10.3. The van der Waals surface area contributed by atoms with E-state index in [1.54, 1.807) is 24.5 Å². The molecule has 0 radical (unpaired) electrons. The number of anilines is 4. The van der Waals surface area contributed by atoms with Crippen LogP contribution in [0.3, 0.4) is 0 Å². The standard InChI is InChI=1S/C17H16N6O2/c1-11-6-12(2)8-14(7-11)22-17-15(23(24)25)16(19-10-20-17)21-13-4-3-5-18-9-13/h3-10H,1-2H3,(H2,19,20,21,22). The van der Waals surface area contributed by atoms with Crippen LogP contribution in [0.4, 0.5) is 28.7 Å². The molecular formula is C17H16N6O2. The van der Waals surface area contributed by atoms with Gasteiger partial charge in [0.15, 0.2) is 0 Å². The molecule has 126 valence electrons. The first kappa shape index (κ1) is 16.3. The van der Waals surface area contributed by atoms with E-state index in [2.05, 4.69) is 25.6 Å². The van der Waals surface area contributed by atoms with Crippen LogP contribution in [-0.2, 0) is 0 Å². The molecule has 2 N–H and O–H groups in total. The predicted octanol–water partition coefficient (Wildman–Crippen LogP) is 3.88. The summed E-state index contributed by atoms with van der Waals surface area (Å²) in [7, 11) is 0. The second kappa shape index (κ2) is 6.91. The van der Waals surface area contributed by atoms with Crippen molar-refractivity contribution in [1.29, 1.82) is 0 Å². The smallest absolute Gasteiger partial charge is 0.334 e. The highest BCUT2D eigenvalue weighted by Crippen LogP contribution is 2.33. The number of hydrogen-bond donors (Lipinski definition) is 2. The fourth-order valence-corrected chi connectivity index (χ4v) is 2.49. The maximum atomic E-state index is 11.6. The zero-order valence-electron chi connectivity index (χ0n) is 13.7. The lowest BCUT2D eigenvalue weighted by Gasteiger charge is -2.11. The number of pyridine rings is 1. The van der Waals surface area contributed by atoms with Crippen molar-refractivity contribution in [2.24, 2.45) is 0 Å². The molecule has 0 unspecified atom stereocenters. The van der Waals surface area contributed by atoms with Crippen LogP contribution >= 0.6 is 0 Å². The van der Waals surface area contributed by atoms with E-state index in [0.717, 1.165) is 16.8 Å². The molecule has 2 heterocycles. The van der Waals surface area contributed by atoms with Crippen LogP contribution < -0.4 is 10.6 Å². The Morgan fingerprint density at radius 2 is 1.64 bits per heavy atom. The first-order valence-corrected chi connectivity index (χ1v) is 7.54. The summed E-state index contributed by atoms with van der Waals surface area (Å²) in [6.45, 7) is 3.92. The zero-order chi connectivity index (χ0) is 17.8. The maximum absolute atomic E-state index is 11.6. The van der Waals surface area contributed by atoms with Crippen LogP contribution in [0.15, 0.2) is 49.1 Å². The van der Waals surface area contributed by atoms with E-state index in [9.17, 15) is 10.1 Å². The van der Waals surface area contributed by atoms with Gasteiger partial charge in [-0.05, 0) is 49.2 Å². The molecule has 0 fully saturated rings. The Hall–Kier alpha value is -3.55. The number of aromatic nitrogens is 3. The molecule has 25 heavy (non-hydrogen) atoms. The number of hydrogen-bond acceptors (Lipinski definition) is 7. The lowest BCUT2D eigenvalue weighted by molar-refractivity contribution is -0.383. The third kappa shape index (κ3) is 3.86. The summed E-state index contributed by atoms with van der Waals surface area (Å²) in [5.41, 5.74) is 3.19. The Kier molecular flexibility index (Phi) is 4.51. The van der Waals surface area contributed by atoms with Crippen molar-refractivity contribution < 1.29 is 4.92 Å². The number of nitrogens with zero attached hydrogens (tertiary/aromatic N) is 4. The van der Waals surface area contributed by atoms with Gasteiger partial charge in [0.2, 0.25) is 11.6 Å². The highest BCUT2D eigenvalue weighted by molar-refractivity contribution is 5.76. The van der Waals surface area contributed by atoms with Crippen molar-refractivity contribution in [2.75, 3.05) is 10.6 Å². The lowest BCUT2D eigenvalue weighted by atomic mass is 10.1. The SMILES string of the molecule is Cc1cc(C)cc(Nc2ncnc(Nc3cccnc3)c2[N+](=O)[O-])c1. The molecule has 0 aliphatic carbocycles. The highest BCUT2D eigenvalue weighted by atomic mass is 16.6. The van der Waals surface area contributed by atoms with Gasteiger partial charge in [0.1, 0.15) is 6.33 Å². The average molecular weight is 336 g/mol. The summed E-state index contributed by atoms with van der Waals surface area (Å²) in [6.07, 6.45) is 4.45. The van der Waals surface area contributed by atoms with Gasteiger partial charge in [0, 0.05) is 11.9 Å². The van der Waals surface area contributed by atoms with Crippen LogP contribution in [0.5, 0.6) is 0 Å². The van der Waals surface area contributed by atoms with E-state index in [1.165, 1.54) is 6.33 Å². The minimum atomic E-state index is -0.510. The molecule has 0 amide bonds. The summed E-state index contributed by atoms with van der Waals surface area (Å²) < 4.78 is 0. The van der Waals surface area contributed by atoms with Gasteiger partial charge in [-0.25, -0.2) is 9.97 Å². The Bertz CT molecular complexity index is 894. The maximum Gasteiger partial charge on any atom is 0.353 e. The molecule has 3 rings (SSSR count). The Labute approximate surface area is 144 Å². The van der Waals surface area contributed by atoms with Crippen molar-refractivity contribution in [3.05, 3.63) is 70.3 Å². The van der Waals surface area contributed by atoms with E-state index >= 15 is 0 Å². The molecule has 0 saturated carbocycles. The molecule has 0 atom stereocenters. The van der Waals surface area contributed by atoms with Crippen LogP contribution in [0.25, 0.3) is 0 Å². The van der Waals surface area contributed by atoms with Gasteiger partial charge in [-0.1, -0.05) is 6.07 Å². The van der Waals surface area contributed by atoms with E-state index in [0.29, 0.717) is 5.69 Å². The van der Waals surface area contributed by atoms with E-state index < -0.39 is 4.92 Å². The number of aryl methyl sites for hydroxylation is 2. The van der Waals surface area contributed by atoms with Crippen LogP contribution in [0.1, 0.15) is 11.1 Å². The van der Waals surface area contributed by atoms with Crippen LogP contribution in [-0.4, -0.2) is 19.9 Å². The van der Waals surface area contributed by atoms with Gasteiger partial charge in [-0.3, -0.25) is 15.1 Å². The second-order valence-corrected chi connectivity index (χ2v) is 5.54. The molecule has 0 aliphatic heterocycles. The minimum absolute atomic E-state index is 0.0971. The first-order valence-electron chi connectivity index (χ1n) is 7.54. The topological polar surface area (TPSA) is 106 Å². The zero-order valence-corrected chi connectivity index (χ0v) is 13.7. The molecule has 1 aromatic carbocycles. The van der Waals surface area contributed by atoms with Gasteiger partial charge in [0.05, 0.1) is 16.8 Å². The molecule has 8 heteroatoms. The van der Waals surface area contributed by atoms with E-state index in [4.69, 9.17) is 0 Å². The van der Waals surface area contributed by atoms with Crippen molar-refractivity contribution in [1.82, 2.24) is 15.0 Å². The third-order valence-electron chi connectivity index (χ3n) is 3.41. The molecule has 2 aromatic heterocycles. The van der Waals surface area contributed by atoms with Gasteiger partial charge >= 0.3 is 5.69 Å². The molecule has 3 aromatic rings. The van der Waals surface area contributed by atoms with Crippen molar-refractivity contribution in [3.8, 4) is 0 Å². The Morgan fingerprint density at radius 3 is 2.20 bits per heavy atom. The quantitative estimate of drug-likeness (QED) is 0.538. The molecular weight excluding hydrogens is 320 g/mol. The third-order valence-corrected chi connectivity index (χ3v) is 3.41. The Morgan fingerprint density at radius 1 is 1.00 bits per heavy atom. The average Bonchev–Trinajstić information content (AvgIpc) is 2.54. The van der Waals surface area contributed by atoms with Crippen LogP contribution in [0.2, 0.25) is 0 Å². The van der Waals surface area contributed by atoms with E-state index in [1.807, 2.05) is 32.0 Å². The number of benzene rings is 1. The second-order valence-electron chi connectivity index (χ2n) is 5.54. The minimum Gasteiger partial charge on any atom is -0.334 e. The fourth-order valence-electron chi connectivity index (χ4n) is 2.49. The van der Waals surface area contributed by atoms with Crippen molar-refractivity contribution in [2.45, 2.75) is 13.8 Å².